The number of nitrogens with zero attached hydrogens (tertiary/aromatic N) is 2. The molecule has 0 saturated carbocycles. The van der Waals surface area contributed by atoms with Crippen LogP contribution in [-0.2, 0) is 9.47 Å². The molecular weight excluding hydrogens is 411 g/mol. The zero-order chi connectivity index (χ0) is 22.2. The van der Waals surface area contributed by atoms with Crippen LogP contribution in [0.4, 0.5) is 9.18 Å². The van der Waals surface area contributed by atoms with E-state index in [9.17, 15) is 9.18 Å². The summed E-state index contributed by atoms with van der Waals surface area (Å²) in [5.74, 6) is 0.466. The Morgan fingerprint density at radius 2 is 1.81 bits per heavy atom. The molecule has 32 heavy (non-hydrogen) atoms. The minimum atomic E-state index is -0.507. The summed E-state index contributed by atoms with van der Waals surface area (Å²) in [4.78, 5) is 17.5. The minimum absolute atomic E-state index is 0.0416. The first kappa shape index (κ1) is 23.3. The van der Waals surface area contributed by atoms with Crippen LogP contribution in [0.5, 0.6) is 0 Å². The Morgan fingerprint density at radius 3 is 2.53 bits per heavy atom. The van der Waals surface area contributed by atoms with Crippen molar-refractivity contribution in [2.45, 2.75) is 38.1 Å². The Kier molecular flexibility index (Phi) is 8.59. The summed E-state index contributed by atoms with van der Waals surface area (Å²) in [6, 6.07) is 0.106. The van der Waals surface area contributed by atoms with E-state index >= 15 is 0 Å². The van der Waals surface area contributed by atoms with Crippen molar-refractivity contribution >= 4 is 6.03 Å². The molecule has 8 heteroatoms. The maximum Gasteiger partial charge on any atom is 0.321 e. The largest absolute Gasteiger partial charge is 0.381 e. The first-order valence-electron chi connectivity index (χ1n) is 12.1. The van der Waals surface area contributed by atoms with Gasteiger partial charge in [-0.05, 0) is 56.8 Å². The Bertz CT molecular complexity index is 721. The number of urea groups is 1. The average Bonchev–Trinajstić information content (AvgIpc) is 3.07. The number of nitrogens with one attached hydrogen (secondary N) is 2. The summed E-state index contributed by atoms with van der Waals surface area (Å²) < 4.78 is 24.8. The molecule has 178 valence electrons. The highest BCUT2D eigenvalue weighted by molar-refractivity contribution is 5.76. The molecule has 3 fully saturated rings. The van der Waals surface area contributed by atoms with Gasteiger partial charge in [0.2, 0.25) is 0 Å². The van der Waals surface area contributed by atoms with Crippen molar-refractivity contribution in [2.75, 3.05) is 65.8 Å². The van der Waals surface area contributed by atoms with Gasteiger partial charge >= 0.3 is 6.03 Å². The standard InChI is InChI=1S/C24H37FN4O3/c25-17-20-1-2-22(3-4-23(20)28-11-15-32-16-12-28)29(18-19-5-9-26-10-6-19)24(30)27-21-7-13-31-14-8-21/h1,3-4,19,21,26H,2,5-18H2,(H,27,30). The number of hydrogen-bond donors (Lipinski definition) is 2. The lowest BCUT2D eigenvalue weighted by atomic mass is 9.97. The van der Waals surface area contributed by atoms with Crippen LogP contribution in [-0.4, -0.2) is 87.7 Å². The molecule has 0 spiro atoms. The molecule has 3 heterocycles. The maximum atomic E-state index is 13.9. The molecular formula is C24H37FN4O3. The van der Waals surface area contributed by atoms with Crippen LogP contribution in [0, 0.1) is 5.92 Å². The number of piperidine rings is 1. The van der Waals surface area contributed by atoms with Crippen molar-refractivity contribution in [3.63, 3.8) is 0 Å². The minimum Gasteiger partial charge on any atom is -0.381 e. The highest BCUT2D eigenvalue weighted by Crippen LogP contribution is 2.26. The third-order valence-corrected chi connectivity index (χ3v) is 6.86. The molecule has 0 atom stereocenters. The Morgan fingerprint density at radius 1 is 1.09 bits per heavy atom. The fourth-order valence-electron chi connectivity index (χ4n) is 4.87. The SMILES string of the molecule is O=C(NC1CCOCC1)N(CC1CCNCC1)C1=CC=C(N2CCOCC2)C(CF)=CC1. The lowest BCUT2D eigenvalue weighted by Crippen LogP contribution is -2.48. The Balaban J connectivity index is 1.54. The average molecular weight is 449 g/mol. The molecule has 2 N–H and O–H groups in total. The van der Waals surface area contributed by atoms with E-state index in [2.05, 4.69) is 15.5 Å². The lowest BCUT2D eigenvalue weighted by Gasteiger charge is -2.33. The molecule has 0 bridgehead atoms. The quantitative estimate of drug-likeness (QED) is 0.654. The Hall–Kier alpha value is -1.90. The number of allylic oxidation sites excluding steroid dienone is 4. The third-order valence-electron chi connectivity index (χ3n) is 6.86. The van der Waals surface area contributed by atoms with Crippen LogP contribution >= 0.6 is 0 Å². The molecule has 0 aromatic rings. The number of morpholine rings is 1. The van der Waals surface area contributed by atoms with Crippen LogP contribution in [0.2, 0.25) is 0 Å². The number of amides is 2. The van der Waals surface area contributed by atoms with Crippen molar-refractivity contribution in [3.05, 3.63) is 35.2 Å². The van der Waals surface area contributed by atoms with Crippen molar-refractivity contribution in [1.29, 1.82) is 0 Å². The summed E-state index contributed by atoms with van der Waals surface area (Å²) in [7, 11) is 0. The molecule has 2 amide bonds. The van der Waals surface area contributed by atoms with Gasteiger partial charge in [-0.25, -0.2) is 9.18 Å². The molecule has 7 nitrogen and oxygen atoms in total. The summed E-state index contributed by atoms with van der Waals surface area (Å²) in [6.07, 6.45) is 10.3. The van der Waals surface area contributed by atoms with Crippen LogP contribution in [0.1, 0.15) is 32.1 Å². The van der Waals surface area contributed by atoms with E-state index in [0.29, 0.717) is 50.9 Å². The summed E-state index contributed by atoms with van der Waals surface area (Å²) in [5.41, 5.74) is 2.55. The van der Waals surface area contributed by atoms with Gasteiger partial charge in [0.25, 0.3) is 0 Å². The predicted octanol–water partition coefficient (Wildman–Crippen LogP) is 2.58. The van der Waals surface area contributed by atoms with Crippen LogP contribution in [0.15, 0.2) is 35.2 Å². The number of ether oxygens (including phenoxy) is 2. The molecule has 3 saturated heterocycles. The molecule has 1 aliphatic carbocycles. The summed E-state index contributed by atoms with van der Waals surface area (Å²) in [6.45, 7) is 6.38. The fourth-order valence-corrected chi connectivity index (χ4v) is 4.87. The maximum absolute atomic E-state index is 13.9. The van der Waals surface area contributed by atoms with Gasteiger partial charge in [0.15, 0.2) is 0 Å². The van der Waals surface area contributed by atoms with E-state index < -0.39 is 6.67 Å². The number of rotatable bonds is 6. The van der Waals surface area contributed by atoms with Gasteiger partial charge in [-0.1, -0.05) is 6.08 Å². The zero-order valence-corrected chi connectivity index (χ0v) is 19.0. The fraction of sp³-hybridized carbons (Fsp3) is 0.708. The number of alkyl halides is 1. The second kappa shape index (κ2) is 11.8. The normalized spacial score (nSPS) is 23.7. The topological polar surface area (TPSA) is 66.1 Å². The molecule has 0 aromatic heterocycles. The number of carbonyl (C=O) groups is 1. The highest BCUT2D eigenvalue weighted by atomic mass is 19.1. The monoisotopic (exact) mass is 448 g/mol. The van der Waals surface area contributed by atoms with Gasteiger partial charge in [0.1, 0.15) is 6.67 Å². The molecule has 0 radical (unpaired) electrons. The smallest absolute Gasteiger partial charge is 0.321 e. The Labute approximate surface area is 190 Å². The first-order chi connectivity index (χ1) is 15.7. The molecule has 4 aliphatic rings. The molecule has 0 unspecified atom stereocenters. The molecule has 0 aromatic carbocycles. The number of hydrogen-bond acceptors (Lipinski definition) is 5. The van der Waals surface area contributed by atoms with Gasteiger partial charge in [-0.3, -0.25) is 4.90 Å². The molecule has 4 rings (SSSR count). The van der Waals surface area contributed by atoms with E-state index in [1.54, 1.807) is 0 Å². The van der Waals surface area contributed by atoms with Crippen molar-refractivity contribution < 1.29 is 18.7 Å². The van der Waals surface area contributed by atoms with E-state index in [1.165, 1.54) is 0 Å². The van der Waals surface area contributed by atoms with E-state index in [4.69, 9.17) is 9.47 Å². The van der Waals surface area contributed by atoms with Gasteiger partial charge in [0.05, 0.1) is 13.2 Å². The number of carbonyl (C=O) groups excluding carboxylic acids is 1. The second-order valence-electron chi connectivity index (χ2n) is 9.02. The van der Waals surface area contributed by atoms with Crippen molar-refractivity contribution in [1.82, 2.24) is 20.4 Å². The van der Waals surface area contributed by atoms with Gasteiger partial charge < -0.3 is 25.0 Å². The van der Waals surface area contributed by atoms with Crippen molar-refractivity contribution in [3.8, 4) is 0 Å². The third kappa shape index (κ3) is 6.11. The van der Waals surface area contributed by atoms with E-state index in [-0.39, 0.29) is 12.1 Å². The van der Waals surface area contributed by atoms with Gasteiger partial charge in [0, 0.05) is 62.3 Å². The van der Waals surface area contributed by atoms with Crippen LogP contribution in [0.25, 0.3) is 0 Å². The number of halogens is 1. The van der Waals surface area contributed by atoms with Crippen molar-refractivity contribution in [2.24, 2.45) is 5.92 Å². The lowest BCUT2D eigenvalue weighted by molar-refractivity contribution is 0.0544. The van der Waals surface area contributed by atoms with Gasteiger partial charge in [-0.2, -0.15) is 0 Å². The first-order valence-corrected chi connectivity index (χ1v) is 12.1. The zero-order valence-electron chi connectivity index (χ0n) is 19.0. The van der Waals surface area contributed by atoms with E-state index in [0.717, 1.165) is 63.3 Å². The summed E-state index contributed by atoms with van der Waals surface area (Å²) in [5, 5.41) is 6.64. The molecule has 3 aliphatic heterocycles. The highest BCUT2D eigenvalue weighted by Gasteiger charge is 2.27. The predicted molar refractivity (Wildman–Crippen MR) is 122 cm³/mol. The summed E-state index contributed by atoms with van der Waals surface area (Å²) >= 11 is 0. The van der Waals surface area contributed by atoms with Crippen LogP contribution in [0.3, 0.4) is 0 Å². The van der Waals surface area contributed by atoms with Crippen LogP contribution < -0.4 is 10.6 Å². The van der Waals surface area contributed by atoms with Gasteiger partial charge in [-0.15, -0.1) is 0 Å². The van der Waals surface area contributed by atoms with E-state index in [1.807, 2.05) is 23.1 Å². The second-order valence-corrected chi connectivity index (χ2v) is 9.02.